The zero-order valence-corrected chi connectivity index (χ0v) is 14.9. The van der Waals surface area contributed by atoms with Gasteiger partial charge in [0, 0.05) is 44.1 Å². The third-order valence-electron chi connectivity index (χ3n) is 5.77. The molecule has 1 aromatic rings. The van der Waals surface area contributed by atoms with Gasteiger partial charge in [0.1, 0.15) is 5.75 Å². The Morgan fingerprint density at radius 2 is 2.19 bits per heavy atom. The van der Waals surface area contributed by atoms with Gasteiger partial charge in [-0.1, -0.05) is 0 Å². The highest BCUT2D eigenvalue weighted by Crippen LogP contribution is 2.44. The van der Waals surface area contributed by atoms with Gasteiger partial charge in [0.15, 0.2) is 0 Å². The van der Waals surface area contributed by atoms with Crippen molar-refractivity contribution < 1.29 is 27.8 Å². The molecule has 0 aromatic carbocycles. The summed E-state index contributed by atoms with van der Waals surface area (Å²) in [5.41, 5.74) is -0.511. The van der Waals surface area contributed by atoms with Crippen LogP contribution in [0.15, 0.2) is 18.5 Å². The van der Waals surface area contributed by atoms with Crippen LogP contribution >= 0.6 is 0 Å². The van der Waals surface area contributed by atoms with Crippen molar-refractivity contribution in [2.45, 2.75) is 24.8 Å². The number of nitrogens with one attached hydrogen (secondary N) is 1. The number of fused-ring (bicyclic) bond motifs is 1. The van der Waals surface area contributed by atoms with Crippen LogP contribution in [-0.4, -0.2) is 67.1 Å². The summed E-state index contributed by atoms with van der Waals surface area (Å²) in [6, 6.07) is 1.06. The summed E-state index contributed by atoms with van der Waals surface area (Å²) in [7, 11) is 1.46. The first-order valence-corrected chi connectivity index (χ1v) is 8.88. The van der Waals surface area contributed by atoms with E-state index in [0.717, 1.165) is 0 Å². The topological polar surface area (TPSA) is 80.8 Å². The monoisotopic (exact) mass is 381 g/mol. The summed E-state index contributed by atoms with van der Waals surface area (Å²) in [5, 5.41) is 2.73. The first kappa shape index (κ1) is 18.1. The Labute approximate surface area is 155 Å². The van der Waals surface area contributed by atoms with Gasteiger partial charge in [-0.25, -0.2) is 8.78 Å². The fraction of sp³-hybridized carbons (Fsp3) is 0.611. The van der Waals surface area contributed by atoms with Gasteiger partial charge >= 0.3 is 0 Å². The minimum atomic E-state index is -2.70. The Bertz CT molecular complexity index is 767. The Balaban J connectivity index is 1.49. The number of carbonyl (C=O) groups is 2. The van der Waals surface area contributed by atoms with E-state index in [0.29, 0.717) is 24.5 Å². The lowest BCUT2D eigenvalue weighted by Gasteiger charge is -2.37. The minimum absolute atomic E-state index is 0.158. The van der Waals surface area contributed by atoms with Crippen LogP contribution in [0.5, 0.6) is 5.75 Å². The van der Waals surface area contributed by atoms with Gasteiger partial charge < -0.3 is 19.7 Å². The minimum Gasteiger partial charge on any atom is -0.494 e. The maximum atomic E-state index is 13.1. The molecule has 7 nitrogen and oxygen atoms in total. The summed E-state index contributed by atoms with van der Waals surface area (Å²) in [5.74, 6) is -3.04. The Kier molecular flexibility index (Phi) is 4.29. The van der Waals surface area contributed by atoms with E-state index in [1.807, 2.05) is 0 Å². The molecule has 2 saturated heterocycles. The molecule has 2 aliphatic heterocycles. The summed E-state index contributed by atoms with van der Waals surface area (Å²) in [4.78, 5) is 31.4. The number of methoxy groups -OCH3 is 1. The molecule has 27 heavy (non-hydrogen) atoms. The number of likely N-dealkylation sites (tertiary alicyclic amines) is 1. The molecule has 0 bridgehead atoms. The number of rotatable bonds is 4. The number of halogens is 2. The zero-order valence-electron chi connectivity index (χ0n) is 14.9. The van der Waals surface area contributed by atoms with Crippen molar-refractivity contribution in [3.63, 3.8) is 0 Å². The van der Waals surface area contributed by atoms with Crippen LogP contribution in [0.4, 0.5) is 8.78 Å². The lowest BCUT2D eigenvalue weighted by Crippen LogP contribution is -2.56. The number of pyridine rings is 1. The quantitative estimate of drug-likeness (QED) is 0.845. The normalized spacial score (nSPS) is 29.1. The first-order chi connectivity index (χ1) is 12.8. The van der Waals surface area contributed by atoms with Crippen LogP contribution < -0.4 is 10.1 Å². The molecule has 1 N–H and O–H groups in total. The molecule has 3 heterocycles. The molecular weight excluding hydrogens is 360 g/mol. The van der Waals surface area contributed by atoms with E-state index in [4.69, 9.17) is 9.47 Å². The maximum Gasteiger partial charge on any atom is 0.257 e. The van der Waals surface area contributed by atoms with E-state index in [1.165, 1.54) is 19.5 Å². The smallest absolute Gasteiger partial charge is 0.257 e. The fourth-order valence-corrected chi connectivity index (χ4v) is 4.19. The van der Waals surface area contributed by atoms with Crippen molar-refractivity contribution in [2.75, 3.05) is 33.4 Å². The van der Waals surface area contributed by atoms with Crippen LogP contribution in [0.1, 0.15) is 23.2 Å². The van der Waals surface area contributed by atoms with E-state index in [9.17, 15) is 18.4 Å². The highest BCUT2D eigenvalue weighted by Gasteiger charge is 2.58. The second kappa shape index (κ2) is 6.40. The van der Waals surface area contributed by atoms with Crippen LogP contribution in [0, 0.1) is 11.3 Å². The van der Waals surface area contributed by atoms with Crippen molar-refractivity contribution in [3.8, 4) is 5.75 Å². The predicted octanol–water partition coefficient (Wildman–Crippen LogP) is 1.09. The lowest BCUT2D eigenvalue weighted by molar-refractivity contribution is -0.138. The number of aromatic nitrogens is 1. The Hall–Kier alpha value is -2.29. The van der Waals surface area contributed by atoms with Crippen molar-refractivity contribution in [3.05, 3.63) is 24.0 Å². The van der Waals surface area contributed by atoms with Crippen LogP contribution in [-0.2, 0) is 9.53 Å². The van der Waals surface area contributed by atoms with Gasteiger partial charge in [-0.05, 0) is 6.07 Å². The van der Waals surface area contributed by atoms with E-state index in [-0.39, 0.29) is 43.7 Å². The number of nitrogens with zero attached hydrogens (tertiary/aromatic N) is 2. The first-order valence-electron chi connectivity index (χ1n) is 8.88. The van der Waals surface area contributed by atoms with E-state index >= 15 is 0 Å². The van der Waals surface area contributed by atoms with Gasteiger partial charge in [0.25, 0.3) is 11.8 Å². The number of ether oxygens (including phenoxy) is 2. The predicted molar refractivity (Wildman–Crippen MR) is 89.5 cm³/mol. The molecule has 1 aromatic heterocycles. The molecule has 0 radical (unpaired) electrons. The third-order valence-corrected chi connectivity index (χ3v) is 5.77. The Morgan fingerprint density at radius 1 is 1.41 bits per heavy atom. The molecule has 1 aliphatic carbocycles. The maximum absolute atomic E-state index is 13.1. The zero-order chi connectivity index (χ0) is 19.2. The summed E-state index contributed by atoms with van der Waals surface area (Å²) in [6.07, 6.45) is 2.30. The number of amides is 2. The molecule has 4 rings (SSSR count). The van der Waals surface area contributed by atoms with Gasteiger partial charge in [-0.2, -0.15) is 0 Å². The van der Waals surface area contributed by atoms with E-state index in [1.54, 1.807) is 11.0 Å². The lowest BCUT2D eigenvalue weighted by atomic mass is 9.79. The van der Waals surface area contributed by atoms with Gasteiger partial charge in [0.05, 0.1) is 37.5 Å². The Morgan fingerprint density at radius 3 is 2.89 bits per heavy atom. The highest BCUT2D eigenvalue weighted by atomic mass is 19.3. The summed E-state index contributed by atoms with van der Waals surface area (Å²) in [6.45, 7) is 1.12. The number of alkyl halides is 2. The molecule has 0 spiro atoms. The second-order valence-electron chi connectivity index (χ2n) is 7.56. The molecule has 2 atom stereocenters. The second-order valence-corrected chi connectivity index (χ2v) is 7.56. The summed E-state index contributed by atoms with van der Waals surface area (Å²) < 4.78 is 36.8. The summed E-state index contributed by atoms with van der Waals surface area (Å²) >= 11 is 0. The molecule has 0 unspecified atom stereocenters. The van der Waals surface area contributed by atoms with Crippen molar-refractivity contribution in [2.24, 2.45) is 11.3 Å². The molecule has 146 valence electrons. The van der Waals surface area contributed by atoms with E-state index in [2.05, 4.69) is 10.3 Å². The van der Waals surface area contributed by atoms with Crippen LogP contribution in [0.3, 0.4) is 0 Å². The molecule has 3 aliphatic rings. The van der Waals surface area contributed by atoms with Crippen molar-refractivity contribution >= 4 is 11.8 Å². The van der Waals surface area contributed by atoms with Gasteiger partial charge in [-0.3, -0.25) is 14.6 Å². The molecule has 1 saturated carbocycles. The van der Waals surface area contributed by atoms with Crippen LogP contribution in [0.25, 0.3) is 0 Å². The largest absolute Gasteiger partial charge is 0.494 e. The third kappa shape index (κ3) is 3.03. The number of hydrogen-bond acceptors (Lipinski definition) is 5. The highest BCUT2D eigenvalue weighted by molar-refractivity contribution is 5.98. The van der Waals surface area contributed by atoms with Crippen LogP contribution in [0.2, 0.25) is 0 Å². The average molecular weight is 381 g/mol. The standard InChI is InChI=1S/C18H21F2N3O4/c1-26-14-6-21-3-2-13(14)15(24)23-7-11-8-27-10-17(11,9-23)16(25)22-12-4-18(19,20)5-12/h2-3,6,11-12H,4-5,7-10H2,1H3,(H,22,25)/t11-,17-/m1/s1. The number of carbonyl (C=O) groups excluding carboxylic acids is 2. The van der Waals surface area contributed by atoms with Crippen molar-refractivity contribution in [1.29, 1.82) is 0 Å². The van der Waals surface area contributed by atoms with Gasteiger partial charge in [-0.15, -0.1) is 0 Å². The molecule has 9 heteroatoms. The number of hydrogen-bond donors (Lipinski definition) is 1. The fourth-order valence-electron chi connectivity index (χ4n) is 4.19. The van der Waals surface area contributed by atoms with Gasteiger partial charge in [0.2, 0.25) is 5.91 Å². The van der Waals surface area contributed by atoms with E-state index < -0.39 is 17.4 Å². The SMILES string of the molecule is COc1cnccc1C(=O)N1C[C@@H]2COC[C@]2(C(=O)NC2CC(F)(F)C2)C1. The molecule has 2 amide bonds. The molecule has 3 fully saturated rings. The average Bonchev–Trinajstić information content (AvgIpc) is 3.17. The molecular formula is C18H21F2N3O4. The van der Waals surface area contributed by atoms with Crippen molar-refractivity contribution in [1.82, 2.24) is 15.2 Å².